The summed E-state index contributed by atoms with van der Waals surface area (Å²) in [6.45, 7) is 0.744. The first-order chi connectivity index (χ1) is 10.8. The molecule has 0 aliphatic rings. The van der Waals surface area contributed by atoms with Crippen molar-refractivity contribution >= 4 is 22.9 Å². The molecule has 3 rings (SSSR count). The quantitative estimate of drug-likeness (QED) is 0.562. The van der Waals surface area contributed by atoms with Crippen LogP contribution in [0.5, 0.6) is 0 Å². The average molecular weight is 309 g/mol. The van der Waals surface area contributed by atoms with E-state index in [4.69, 9.17) is 11.8 Å². The summed E-state index contributed by atoms with van der Waals surface area (Å²) in [6.07, 6.45) is 8.52. The molecule has 1 aromatic carbocycles. The molecular formula is C16H15N5S. The van der Waals surface area contributed by atoms with Gasteiger partial charge in [-0.05, 0) is 18.6 Å². The number of unbranched alkanes of at least 4 members (excludes halogenated alkanes) is 1. The lowest BCUT2D eigenvalue weighted by Gasteiger charge is -2.04. The molecule has 6 heteroatoms. The number of hydrogen-bond donors (Lipinski definition) is 2. The third-order valence-electron chi connectivity index (χ3n) is 3.18. The van der Waals surface area contributed by atoms with Crippen molar-refractivity contribution < 1.29 is 0 Å². The van der Waals surface area contributed by atoms with Crippen LogP contribution >= 0.6 is 11.8 Å². The molecule has 2 aromatic heterocycles. The highest BCUT2D eigenvalue weighted by Gasteiger charge is 2.09. The fourth-order valence-electron chi connectivity index (χ4n) is 2.13. The van der Waals surface area contributed by atoms with Gasteiger partial charge in [0, 0.05) is 17.9 Å². The lowest BCUT2D eigenvalue weighted by Crippen LogP contribution is -2.12. The number of nitrogens with one attached hydrogen (secondary N) is 2. The third-order valence-corrected chi connectivity index (χ3v) is 4.07. The van der Waals surface area contributed by atoms with Gasteiger partial charge in [0.05, 0.1) is 6.33 Å². The zero-order valence-corrected chi connectivity index (χ0v) is 12.7. The smallest absolute Gasteiger partial charge is 0.173 e. The van der Waals surface area contributed by atoms with Crippen molar-refractivity contribution in [3.8, 4) is 12.3 Å². The van der Waals surface area contributed by atoms with Gasteiger partial charge in [-0.3, -0.25) is 5.41 Å². The molecular weight excluding hydrogens is 294 g/mol. The molecule has 3 aromatic rings. The molecule has 0 bridgehead atoms. The molecule has 0 spiro atoms. The van der Waals surface area contributed by atoms with E-state index in [1.54, 1.807) is 6.33 Å². The molecule has 0 aliphatic carbocycles. The minimum absolute atomic E-state index is 0.204. The molecule has 0 fully saturated rings. The van der Waals surface area contributed by atoms with Crippen molar-refractivity contribution in [2.24, 2.45) is 0 Å². The van der Waals surface area contributed by atoms with E-state index in [1.165, 1.54) is 11.8 Å². The Morgan fingerprint density at radius 3 is 2.91 bits per heavy atom. The monoisotopic (exact) mass is 309 g/mol. The molecule has 22 heavy (non-hydrogen) atoms. The van der Waals surface area contributed by atoms with E-state index in [-0.39, 0.29) is 5.49 Å². The van der Waals surface area contributed by atoms with Crippen molar-refractivity contribution in [3.63, 3.8) is 0 Å². The molecule has 0 saturated carbocycles. The van der Waals surface area contributed by atoms with Gasteiger partial charge in [-0.2, -0.15) is 0 Å². The van der Waals surface area contributed by atoms with Gasteiger partial charge >= 0.3 is 0 Å². The van der Waals surface area contributed by atoms with E-state index in [1.807, 2.05) is 34.9 Å². The molecule has 0 saturated heterocycles. The number of aromatic amines is 1. The van der Waals surface area contributed by atoms with Crippen molar-refractivity contribution in [3.05, 3.63) is 42.1 Å². The summed E-state index contributed by atoms with van der Waals surface area (Å²) in [5.41, 5.74) is 1.60. The molecule has 5 nitrogen and oxygen atoms in total. The van der Waals surface area contributed by atoms with Crippen LogP contribution in [0.4, 0.5) is 0 Å². The lowest BCUT2D eigenvalue weighted by molar-refractivity contribution is 0.653. The van der Waals surface area contributed by atoms with Crippen LogP contribution in [0.3, 0.4) is 0 Å². The number of nitrogens with zero attached hydrogens (tertiary/aromatic N) is 3. The minimum atomic E-state index is 0.204. The molecule has 0 atom stereocenters. The van der Waals surface area contributed by atoms with Gasteiger partial charge in [-0.15, -0.1) is 12.3 Å². The molecule has 0 unspecified atom stereocenters. The molecule has 110 valence electrons. The van der Waals surface area contributed by atoms with Gasteiger partial charge in [0.2, 0.25) is 0 Å². The second-order valence-electron chi connectivity index (χ2n) is 4.75. The summed E-state index contributed by atoms with van der Waals surface area (Å²) in [5, 5.41) is 8.69. The van der Waals surface area contributed by atoms with E-state index in [0.717, 1.165) is 28.7 Å². The van der Waals surface area contributed by atoms with Gasteiger partial charge in [-0.1, -0.05) is 30.0 Å². The maximum absolute atomic E-state index is 7.93. The maximum Gasteiger partial charge on any atom is 0.173 e. The Morgan fingerprint density at radius 2 is 2.14 bits per heavy atom. The predicted octanol–water partition coefficient (Wildman–Crippen LogP) is 2.80. The highest BCUT2D eigenvalue weighted by Crippen LogP contribution is 2.25. The van der Waals surface area contributed by atoms with Crippen molar-refractivity contribution in [2.45, 2.75) is 29.4 Å². The van der Waals surface area contributed by atoms with Crippen LogP contribution in [-0.2, 0) is 6.54 Å². The van der Waals surface area contributed by atoms with Crippen LogP contribution in [0.2, 0.25) is 0 Å². The van der Waals surface area contributed by atoms with Crippen LogP contribution in [0.1, 0.15) is 12.8 Å². The van der Waals surface area contributed by atoms with E-state index < -0.39 is 0 Å². The average Bonchev–Trinajstić information content (AvgIpc) is 2.95. The Hall–Kier alpha value is -2.52. The molecule has 0 amide bonds. The van der Waals surface area contributed by atoms with Gasteiger partial charge < -0.3 is 9.55 Å². The number of aryl methyl sites for hydroxylation is 1. The van der Waals surface area contributed by atoms with Gasteiger partial charge in [0.15, 0.2) is 16.3 Å². The second-order valence-corrected chi connectivity index (χ2v) is 5.81. The maximum atomic E-state index is 7.93. The largest absolute Gasteiger partial charge is 0.328 e. The van der Waals surface area contributed by atoms with E-state index in [9.17, 15) is 0 Å². The zero-order chi connectivity index (χ0) is 15.4. The lowest BCUT2D eigenvalue weighted by atomic mass is 10.3. The van der Waals surface area contributed by atoms with Crippen LogP contribution in [0, 0.1) is 17.8 Å². The molecule has 2 N–H and O–H groups in total. The van der Waals surface area contributed by atoms with E-state index in [0.29, 0.717) is 11.9 Å². The Morgan fingerprint density at radius 1 is 1.32 bits per heavy atom. The topological polar surface area (TPSA) is 70.3 Å². The van der Waals surface area contributed by atoms with Crippen LogP contribution in [-0.4, -0.2) is 19.5 Å². The van der Waals surface area contributed by atoms with E-state index in [2.05, 4.69) is 20.9 Å². The first-order valence-corrected chi connectivity index (χ1v) is 7.75. The predicted molar refractivity (Wildman–Crippen MR) is 86.4 cm³/mol. The van der Waals surface area contributed by atoms with Gasteiger partial charge in [-0.25, -0.2) is 9.97 Å². The Labute approximate surface area is 132 Å². The first kappa shape index (κ1) is 14.4. The number of benzene rings is 1. The number of fused-ring (bicyclic) bond motifs is 1. The fraction of sp³-hybridized carbons (Fsp3) is 0.188. The third kappa shape index (κ3) is 3.05. The van der Waals surface area contributed by atoms with Crippen molar-refractivity contribution in [2.75, 3.05) is 0 Å². The van der Waals surface area contributed by atoms with Gasteiger partial charge in [0.25, 0.3) is 0 Å². The number of hydrogen-bond acceptors (Lipinski definition) is 4. The SMILES string of the molecule is C#CCCCn1cnc(=N)c2[nH]c(Sc3ccccc3)nc21. The fourth-order valence-corrected chi connectivity index (χ4v) is 2.93. The van der Waals surface area contributed by atoms with Crippen LogP contribution in [0.15, 0.2) is 46.7 Å². The standard InChI is InChI=1S/C16H15N5S/c1-2-3-7-10-21-11-18-14(17)13-15(21)20-16(19-13)22-12-8-5-4-6-9-12/h1,4-6,8-9,11,17H,3,7,10H2,(H,19,20). The highest BCUT2D eigenvalue weighted by molar-refractivity contribution is 7.99. The Balaban J connectivity index is 1.94. The minimum Gasteiger partial charge on any atom is -0.328 e. The van der Waals surface area contributed by atoms with Crippen LogP contribution < -0.4 is 5.49 Å². The molecule has 0 aliphatic heterocycles. The van der Waals surface area contributed by atoms with Crippen molar-refractivity contribution in [1.82, 2.24) is 19.5 Å². The number of aromatic nitrogens is 4. The summed E-state index contributed by atoms with van der Waals surface area (Å²) in [4.78, 5) is 13.0. The first-order valence-electron chi connectivity index (χ1n) is 6.94. The van der Waals surface area contributed by atoms with Crippen molar-refractivity contribution in [1.29, 1.82) is 5.41 Å². The Kier molecular flexibility index (Phi) is 4.26. The number of terminal acetylenes is 1. The summed E-state index contributed by atoms with van der Waals surface area (Å²) in [6, 6.07) is 10.0. The highest BCUT2D eigenvalue weighted by atomic mass is 32.2. The zero-order valence-electron chi connectivity index (χ0n) is 11.9. The number of H-pyrrole nitrogens is 1. The van der Waals surface area contributed by atoms with Crippen LogP contribution in [0.25, 0.3) is 11.2 Å². The summed E-state index contributed by atoms with van der Waals surface area (Å²) in [5.74, 6) is 2.63. The molecule has 0 radical (unpaired) electrons. The van der Waals surface area contributed by atoms with Gasteiger partial charge in [0.1, 0.15) is 5.52 Å². The van der Waals surface area contributed by atoms with E-state index >= 15 is 0 Å². The molecule has 2 heterocycles. The number of imidazole rings is 1. The second kappa shape index (κ2) is 6.50. The summed E-state index contributed by atoms with van der Waals surface area (Å²) in [7, 11) is 0. The number of rotatable bonds is 5. The summed E-state index contributed by atoms with van der Waals surface area (Å²) >= 11 is 1.54. The normalized spacial score (nSPS) is 10.7. The Bertz CT molecular complexity index is 873. The summed E-state index contributed by atoms with van der Waals surface area (Å²) < 4.78 is 1.94.